The van der Waals surface area contributed by atoms with Crippen LogP contribution in [0.5, 0.6) is 0 Å². The smallest absolute Gasteiger partial charge is 0.168 e. The van der Waals surface area contributed by atoms with Gasteiger partial charge in [0, 0.05) is 30.1 Å². The van der Waals surface area contributed by atoms with E-state index in [-0.39, 0.29) is 10.6 Å². The Balaban J connectivity index is 1.61. The van der Waals surface area contributed by atoms with E-state index in [4.69, 9.17) is 23.8 Å². The quantitative estimate of drug-likeness (QED) is 0.438. The van der Waals surface area contributed by atoms with Crippen LogP contribution in [0.15, 0.2) is 48.1 Å². The normalized spacial score (nSPS) is 18.9. The fraction of sp³-hybridized carbons (Fsp3) is 0.320. The molecule has 9 heteroatoms. The van der Waals surface area contributed by atoms with Crippen LogP contribution in [0.4, 0.5) is 5.82 Å². The number of halogens is 1. The zero-order valence-corrected chi connectivity index (χ0v) is 20.0. The minimum absolute atomic E-state index is 0.0571. The Hall–Kier alpha value is -3.54. The second-order valence-corrected chi connectivity index (χ2v) is 10.2. The molecule has 0 amide bonds. The highest BCUT2D eigenvalue weighted by molar-refractivity contribution is 6.69. The van der Waals surface area contributed by atoms with Gasteiger partial charge in [-0.15, -0.1) is 16.6 Å². The summed E-state index contributed by atoms with van der Waals surface area (Å²) in [6.07, 6.45) is 11.5. The van der Waals surface area contributed by atoms with Crippen molar-refractivity contribution >= 4 is 39.0 Å². The summed E-state index contributed by atoms with van der Waals surface area (Å²) in [5, 5.41) is 13.8. The molecule has 0 bridgehead atoms. The van der Waals surface area contributed by atoms with Crippen LogP contribution in [0.25, 0.3) is 16.4 Å². The first kappa shape index (κ1) is 22.3. The first-order valence-corrected chi connectivity index (χ1v) is 11.4. The Morgan fingerprint density at radius 1 is 1.26 bits per heavy atom. The van der Waals surface area contributed by atoms with Crippen molar-refractivity contribution < 1.29 is 0 Å². The minimum atomic E-state index is -1.18. The summed E-state index contributed by atoms with van der Waals surface area (Å²) in [4.78, 5) is 13.5. The Bertz CT molecular complexity index is 1480. The molecule has 3 N–H and O–H groups in total. The van der Waals surface area contributed by atoms with E-state index in [9.17, 15) is 0 Å². The molecule has 5 rings (SSSR count). The number of pyridine rings is 1. The number of hydrogen-bond donors (Lipinski definition) is 2. The minimum Gasteiger partial charge on any atom is -0.369 e. The Morgan fingerprint density at radius 2 is 2.09 bits per heavy atom. The van der Waals surface area contributed by atoms with Crippen LogP contribution in [0.3, 0.4) is 0 Å². The van der Waals surface area contributed by atoms with Gasteiger partial charge < -0.3 is 11.1 Å². The summed E-state index contributed by atoms with van der Waals surface area (Å²) < 4.78 is 1.87. The average Bonchev–Trinajstić information content (AvgIpc) is 3.27. The van der Waals surface area contributed by atoms with Crippen molar-refractivity contribution in [3.8, 4) is 12.3 Å². The van der Waals surface area contributed by atoms with E-state index in [1.54, 1.807) is 6.33 Å². The van der Waals surface area contributed by atoms with E-state index in [0.717, 1.165) is 34.1 Å². The molecule has 8 nitrogen and oxygen atoms in total. The Morgan fingerprint density at radius 3 is 2.85 bits per heavy atom. The lowest BCUT2D eigenvalue weighted by atomic mass is 9.80. The van der Waals surface area contributed by atoms with Gasteiger partial charge in [0.15, 0.2) is 10.8 Å². The number of nitrogens with one attached hydrogen (secondary N) is 1. The molecule has 3 aromatic heterocycles. The molecule has 0 spiro atoms. The van der Waals surface area contributed by atoms with Crippen molar-refractivity contribution in [1.82, 2.24) is 24.6 Å². The van der Waals surface area contributed by atoms with Crippen LogP contribution in [-0.4, -0.2) is 41.9 Å². The lowest BCUT2D eigenvalue weighted by Crippen LogP contribution is -2.48. The van der Waals surface area contributed by atoms with E-state index < -0.39 is 11.6 Å². The van der Waals surface area contributed by atoms with E-state index in [1.165, 1.54) is 6.33 Å². The van der Waals surface area contributed by atoms with E-state index >= 15 is 0 Å². The fourth-order valence-electron chi connectivity index (χ4n) is 4.40. The third kappa shape index (κ3) is 3.77. The van der Waals surface area contributed by atoms with E-state index in [0.29, 0.717) is 17.9 Å². The number of nitrogens with zero attached hydrogens (tertiary/aromatic N) is 6. The second-order valence-electron chi connectivity index (χ2n) is 9.82. The molecule has 1 aliphatic rings. The van der Waals surface area contributed by atoms with Gasteiger partial charge >= 0.3 is 0 Å². The standard InChI is InChI=1S/C25H25ClN8/c1-5-19(16-7-6-8-17-15(16)9-10-34-14-31-33-23(17)34)25(27)11-18-20(21(26)32-25)29-13-30-22(18)28-12-24(2,3)4/h1,6-10,13-14,19H,11-12,27H2,2-4H3,(H,28,29,30). The van der Waals surface area contributed by atoms with Crippen LogP contribution in [0.1, 0.15) is 43.5 Å². The third-order valence-electron chi connectivity index (χ3n) is 6.03. The predicted molar refractivity (Wildman–Crippen MR) is 135 cm³/mol. The average molecular weight is 473 g/mol. The van der Waals surface area contributed by atoms with Crippen LogP contribution in [0, 0.1) is 17.8 Å². The van der Waals surface area contributed by atoms with Crippen LogP contribution < -0.4 is 11.1 Å². The second kappa shape index (κ2) is 8.05. The molecular formula is C25H25ClN8. The number of aliphatic imine (C=N–C) groups is 1. The Labute approximate surface area is 202 Å². The van der Waals surface area contributed by atoms with Gasteiger partial charge in [-0.2, -0.15) is 0 Å². The number of aromatic nitrogens is 5. The molecule has 0 saturated heterocycles. The largest absolute Gasteiger partial charge is 0.369 e. The SMILES string of the molecule is C#CC(c1cccc2c1ccn1cnnc21)C1(N)Cc2c(NCC(C)(C)C)ncnc2C(Cl)=N1. The Kier molecular flexibility index (Phi) is 5.27. The van der Waals surface area contributed by atoms with Crippen molar-refractivity contribution in [3.63, 3.8) is 0 Å². The van der Waals surface area contributed by atoms with E-state index in [2.05, 4.69) is 57.2 Å². The van der Waals surface area contributed by atoms with Gasteiger partial charge in [0.2, 0.25) is 0 Å². The van der Waals surface area contributed by atoms with Crippen molar-refractivity contribution in [1.29, 1.82) is 0 Å². The maximum absolute atomic E-state index is 6.95. The molecule has 0 fully saturated rings. The molecular weight excluding hydrogens is 448 g/mol. The summed E-state index contributed by atoms with van der Waals surface area (Å²) in [6.45, 7) is 7.17. The molecule has 4 aromatic rings. The molecule has 0 radical (unpaired) electrons. The number of rotatable bonds is 4. The van der Waals surface area contributed by atoms with Crippen molar-refractivity contribution in [3.05, 3.63) is 59.9 Å². The van der Waals surface area contributed by atoms with Crippen molar-refractivity contribution in [2.45, 2.75) is 38.8 Å². The molecule has 0 aliphatic carbocycles. The summed E-state index contributed by atoms with van der Waals surface area (Å²) >= 11 is 6.63. The van der Waals surface area contributed by atoms with Gasteiger partial charge in [-0.25, -0.2) is 15.0 Å². The summed E-state index contributed by atoms with van der Waals surface area (Å²) in [7, 11) is 0. The van der Waals surface area contributed by atoms with Crippen LogP contribution >= 0.6 is 11.6 Å². The highest BCUT2D eigenvalue weighted by Crippen LogP contribution is 2.39. The van der Waals surface area contributed by atoms with Gasteiger partial charge in [0.1, 0.15) is 29.8 Å². The highest BCUT2D eigenvalue weighted by atomic mass is 35.5. The first-order chi connectivity index (χ1) is 16.2. The molecule has 0 saturated carbocycles. The lowest BCUT2D eigenvalue weighted by Gasteiger charge is -2.36. The van der Waals surface area contributed by atoms with Gasteiger partial charge in [0.25, 0.3) is 0 Å². The topological polar surface area (TPSA) is 106 Å². The monoisotopic (exact) mass is 472 g/mol. The first-order valence-electron chi connectivity index (χ1n) is 11.0. The molecule has 2 unspecified atom stereocenters. The molecule has 4 heterocycles. The third-order valence-corrected chi connectivity index (χ3v) is 6.29. The number of fused-ring (bicyclic) bond motifs is 4. The molecule has 1 aromatic carbocycles. The maximum atomic E-state index is 6.95. The van der Waals surface area contributed by atoms with Crippen molar-refractivity contribution in [2.75, 3.05) is 11.9 Å². The van der Waals surface area contributed by atoms with Gasteiger partial charge in [-0.3, -0.25) is 4.40 Å². The lowest BCUT2D eigenvalue weighted by molar-refractivity contribution is 0.403. The zero-order valence-electron chi connectivity index (χ0n) is 19.2. The maximum Gasteiger partial charge on any atom is 0.168 e. The van der Waals surface area contributed by atoms with Gasteiger partial charge in [0.05, 0.1) is 5.92 Å². The van der Waals surface area contributed by atoms with Crippen LogP contribution in [0.2, 0.25) is 0 Å². The molecule has 34 heavy (non-hydrogen) atoms. The molecule has 172 valence electrons. The van der Waals surface area contributed by atoms with Crippen LogP contribution in [-0.2, 0) is 6.42 Å². The fourth-order valence-corrected chi connectivity index (χ4v) is 4.72. The van der Waals surface area contributed by atoms with E-state index in [1.807, 2.05) is 34.9 Å². The number of benzene rings is 1. The zero-order chi connectivity index (χ0) is 24.1. The number of terminal acetylenes is 1. The predicted octanol–water partition coefficient (Wildman–Crippen LogP) is 3.74. The summed E-state index contributed by atoms with van der Waals surface area (Å²) in [5.41, 5.74) is 8.85. The number of nitrogens with two attached hydrogens (primary N) is 1. The summed E-state index contributed by atoms with van der Waals surface area (Å²) in [6, 6.07) is 7.92. The van der Waals surface area contributed by atoms with Gasteiger partial charge in [-0.1, -0.05) is 56.5 Å². The highest BCUT2D eigenvalue weighted by Gasteiger charge is 2.41. The summed E-state index contributed by atoms with van der Waals surface area (Å²) in [5.74, 6) is 3.03. The number of anilines is 1. The molecule has 2 atom stereocenters. The molecule has 1 aliphatic heterocycles. The number of hydrogen-bond acceptors (Lipinski definition) is 7. The van der Waals surface area contributed by atoms with Crippen molar-refractivity contribution in [2.24, 2.45) is 16.1 Å². The van der Waals surface area contributed by atoms with Gasteiger partial charge in [-0.05, 0) is 22.4 Å².